The minimum atomic E-state index is -0.379. The van der Waals surface area contributed by atoms with Crippen molar-refractivity contribution in [3.8, 4) is 0 Å². The van der Waals surface area contributed by atoms with Gasteiger partial charge in [0.2, 0.25) is 0 Å². The summed E-state index contributed by atoms with van der Waals surface area (Å²) in [4.78, 5) is 0. The van der Waals surface area contributed by atoms with Gasteiger partial charge in [0, 0.05) is 16.5 Å². The van der Waals surface area contributed by atoms with Gasteiger partial charge >= 0.3 is 0 Å². The molecule has 4 nitrogen and oxygen atoms in total. The van der Waals surface area contributed by atoms with Gasteiger partial charge in [0.1, 0.15) is 24.7 Å². The maximum Gasteiger partial charge on any atom is 0.133 e. The van der Waals surface area contributed by atoms with Crippen molar-refractivity contribution >= 4 is 0 Å². The van der Waals surface area contributed by atoms with Crippen molar-refractivity contribution in [1.82, 2.24) is 0 Å². The summed E-state index contributed by atoms with van der Waals surface area (Å²) < 4.78 is 10.5. The van der Waals surface area contributed by atoms with E-state index in [9.17, 15) is 10.2 Å². The first kappa shape index (κ1) is 12.0. The summed E-state index contributed by atoms with van der Waals surface area (Å²) in [6, 6.07) is 3.67. The number of rotatable bonds is 4. The molecule has 2 rings (SSSR count). The quantitative estimate of drug-likeness (QED) is 0.853. The summed E-state index contributed by atoms with van der Waals surface area (Å²) in [6.45, 7) is 3.72. The highest BCUT2D eigenvalue weighted by Crippen LogP contribution is 2.36. The molecule has 0 radical (unpaired) electrons. The zero-order valence-electron chi connectivity index (χ0n) is 9.93. The molecule has 0 atom stereocenters. The molecule has 0 aliphatic heterocycles. The molecule has 92 valence electrons. The zero-order valence-corrected chi connectivity index (χ0v) is 9.93. The lowest BCUT2D eigenvalue weighted by molar-refractivity contribution is 0.239. The number of hydrogen-bond donors (Lipinski definition) is 2. The van der Waals surface area contributed by atoms with Crippen LogP contribution in [0.3, 0.4) is 0 Å². The highest BCUT2D eigenvalue weighted by atomic mass is 16.4. The van der Waals surface area contributed by atoms with Gasteiger partial charge in [0.15, 0.2) is 0 Å². The molecule has 0 aliphatic carbocycles. The highest BCUT2D eigenvalue weighted by molar-refractivity contribution is 5.40. The van der Waals surface area contributed by atoms with Crippen LogP contribution in [0.4, 0.5) is 0 Å². The molecule has 0 spiro atoms. The standard InChI is InChI=1S/C13H16O4/c1-13(2,9-3-5-16-11(9)7-14)10-4-6-17-12(10)8-15/h3-6,14-15H,7-8H2,1-2H3. The minimum Gasteiger partial charge on any atom is -0.467 e. The van der Waals surface area contributed by atoms with Gasteiger partial charge in [0.25, 0.3) is 0 Å². The third-order valence-electron chi connectivity index (χ3n) is 3.12. The van der Waals surface area contributed by atoms with E-state index in [1.54, 1.807) is 12.5 Å². The molecule has 2 aromatic heterocycles. The molecule has 0 aromatic carbocycles. The second kappa shape index (κ2) is 4.39. The van der Waals surface area contributed by atoms with Gasteiger partial charge in [-0.25, -0.2) is 0 Å². The summed E-state index contributed by atoms with van der Waals surface area (Å²) in [7, 11) is 0. The molecule has 0 saturated carbocycles. The first-order chi connectivity index (χ1) is 8.11. The fraction of sp³-hybridized carbons (Fsp3) is 0.385. The molecular weight excluding hydrogens is 220 g/mol. The van der Waals surface area contributed by atoms with Gasteiger partial charge in [0.05, 0.1) is 12.5 Å². The molecule has 2 heterocycles. The van der Waals surface area contributed by atoms with E-state index in [2.05, 4.69) is 0 Å². The van der Waals surface area contributed by atoms with E-state index in [4.69, 9.17) is 8.83 Å². The van der Waals surface area contributed by atoms with E-state index in [1.165, 1.54) is 0 Å². The Balaban J connectivity index is 2.49. The maximum atomic E-state index is 9.23. The third-order valence-corrected chi connectivity index (χ3v) is 3.12. The van der Waals surface area contributed by atoms with Crippen LogP contribution >= 0.6 is 0 Å². The lowest BCUT2D eigenvalue weighted by Crippen LogP contribution is -2.20. The monoisotopic (exact) mass is 236 g/mol. The van der Waals surface area contributed by atoms with Gasteiger partial charge < -0.3 is 19.0 Å². The smallest absolute Gasteiger partial charge is 0.133 e. The first-order valence-electron chi connectivity index (χ1n) is 5.46. The van der Waals surface area contributed by atoms with Crippen LogP contribution in [0.5, 0.6) is 0 Å². The molecule has 17 heavy (non-hydrogen) atoms. The van der Waals surface area contributed by atoms with Crippen LogP contribution in [0.25, 0.3) is 0 Å². The van der Waals surface area contributed by atoms with Gasteiger partial charge in [-0.1, -0.05) is 13.8 Å². The lowest BCUT2D eigenvalue weighted by Gasteiger charge is -2.24. The summed E-state index contributed by atoms with van der Waals surface area (Å²) in [5.41, 5.74) is 1.42. The Morgan fingerprint density at radius 1 is 0.941 bits per heavy atom. The molecule has 0 saturated heterocycles. The summed E-state index contributed by atoms with van der Waals surface area (Å²) in [6.07, 6.45) is 3.11. The van der Waals surface area contributed by atoms with Gasteiger partial charge in [-0.15, -0.1) is 0 Å². The van der Waals surface area contributed by atoms with Crippen molar-refractivity contribution in [3.05, 3.63) is 47.3 Å². The molecule has 4 heteroatoms. The maximum absolute atomic E-state index is 9.23. The second-order valence-electron chi connectivity index (χ2n) is 4.46. The highest BCUT2D eigenvalue weighted by Gasteiger charge is 2.31. The molecule has 0 bridgehead atoms. The fourth-order valence-electron chi connectivity index (χ4n) is 2.18. The van der Waals surface area contributed by atoms with E-state index in [0.29, 0.717) is 11.5 Å². The molecule has 2 aromatic rings. The van der Waals surface area contributed by atoms with Crippen LogP contribution in [0.2, 0.25) is 0 Å². The number of hydrogen-bond acceptors (Lipinski definition) is 4. The van der Waals surface area contributed by atoms with Gasteiger partial charge in [-0.3, -0.25) is 0 Å². The van der Waals surface area contributed by atoms with E-state index in [1.807, 2.05) is 26.0 Å². The predicted octanol–water partition coefficient (Wildman–Crippen LogP) is 2.18. The summed E-state index contributed by atoms with van der Waals surface area (Å²) in [5.74, 6) is 1.08. The number of furan rings is 2. The molecule has 0 aliphatic rings. The molecule has 0 unspecified atom stereocenters. The lowest BCUT2D eigenvalue weighted by atomic mass is 9.78. The van der Waals surface area contributed by atoms with Crippen LogP contribution in [-0.2, 0) is 18.6 Å². The molecular formula is C13H16O4. The molecule has 2 N–H and O–H groups in total. The first-order valence-corrected chi connectivity index (χ1v) is 5.46. The average molecular weight is 236 g/mol. The Labute approximate surface area is 99.5 Å². The van der Waals surface area contributed by atoms with Crippen molar-refractivity contribution in [3.63, 3.8) is 0 Å². The van der Waals surface area contributed by atoms with Crippen LogP contribution in [-0.4, -0.2) is 10.2 Å². The Bertz CT molecular complexity index is 449. The Hall–Kier alpha value is -1.52. The van der Waals surface area contributed by atoms with Gasteiger partial charge in [-0.05, 0) is 12.1 Å². The predicted molar refractivity (Wildman–Crippen MR) is 61.4 cm³/mol. The van der Waals surface area contributed by atoms with Crippen LogP contribution in [0.15, 0.2) is 33.5 Å². The molecule has 0 amide bonds. The normalized spacial score (nSPS) is 12.0. The van der Waals surface area contributed by atoms with Crippen LogP contribution in [0, 0.1) is 0 Å². The number of aliphatic hydroxyl groups is 2. The van der Waals surface area contributed by atoms with E-state index in [0.717, 1.165) is 11.1 Å². The van der Waals surface area contributed by atoms with Crippen LogP contribution < -0.4 is 0 Å². The Morgan fingerprint density at radius 2 is 1.35 bits per heavy atom. The van der Waals surface area contributed by atoms with Crippen molar-refractivity contribution in [1.29, 1.82) is 0 Å². The average Bonchev–Trinajstić information content (AvgIpc) is 2.97. The summed E-state index contributed by atoms with van der Waals surface area (Å²) >= 11 is 0. The third kappa shape index (κ3) is 1.90. The van der Waals surface area contributed by atoms with E-state index in [-0.39, 0.29) is 18.6 Å². The van der Waals surface area contributed by atoms with Crippen LogP contribution in [0.1, 0.15) is 36.5 Å². The minimum absolute atomic E-state index is 0.141. The van der Waals surface area contributed by atoms with Gasteiger partial charge in [-0.2, -0.15) is 0 Å². The largest absolute Gasteiger partial charge is 0.467 e. The van der Waals surface area contributed by atoms with Crippen molar-refractivity contribution < 1.29 is 19.0 Å². The van der Waals surface area contributed by atoms with Crippen molar-refractivity contribution in [2.24, 2.45) is 0 Å². The summed E-state index contributed by atoms with van der Waals surface area (Å²) in [5, 5.41) is 18.5. The molecule has 0 fully saturated rings. The van der Waals surface area contributed by atoms with Crippen molar-refractivity contribution in [2.75, 3.05) is 0 Å². The topological polar surface area (TPSA) is 66.7 Å². The second-order valence-corrected chi connectivity index (χ2v) is 4.46. The van der Waals surface area contributed by atoms with Crippen molar-refractivity contribution in [2.45, 2.75) is 32.5 Å². The van der Waals surface area contributed by atoms with E-state index < -0.39 is 0 Å². The van der Waals surface area contributed by atoms with E-state index >= 15 is 0 Å². The number of aliphatic hydroxyl groups excluding tert-OH is 2. The Morgan fingerprint density at radius 3 is 1.71 bits per heavy atom. The zero-order chi connectivity index (χ0) is 12.5. The Kier molecular flexibility index (Phi) is 3.09. The fourth-order valence-corrected chi connectivity index (χ4v) is 2.18. The SMILES string of the molecule is CC(C)(c1ccoc1CO)c1ccoc1CO.